The summed E-state index contributed by atoms with van der Waals surface area (Å²) in [5.41, 5.74) is 0. The van der Waals surface area contributed by atoms with Crippen molar-refractivity contribution in [1.82, 2.24) is 0 Å². The average molecular weight is 231 g/mol. The minimum atomic E-state index is -1.03. The third-order valence-electron chi connectivity index (χ3n) is 2.37. The molecule has 2 nitrogen and oxygen atoms in total. The first-order chi connectivity index (χ1) is 7.66. The number of carboxylic acid groups (broad SMARTS) is 1. The normalized spacial score (nSPS) is 12.6. The molecule has 0 bridgehead atoms. The summed E-state index contributed by atoms with van der Waals surface area (Å²) < 4.78 is 0. The summed E-state index contributed by atoms with van der Waals surface area (Å²) in [6.45, 7) is 1.63. The van der Waals surface area contributed by atoms with Gasteiger partial charge in [-0.2, -0.15) is 0 Å². The van der Waals surface area contributed by atoms with Crippen molar-refractivity contribution >= 4 is 28.5 Å². The van der Waals surface area contributed by atoms with Crippen molar-refractivity contribution in [1.29, 1.82) is 0 Å². The molecule has 0 heterocycles. The van der Waals surface area contributed by atoms with E-state index in [0.29, 0.717) is 0 Å². The van der Waals surface area contributed by atoms with Crippen molar-refractivity contribution in [2.75, 3.05) is 0 Å². The Kier molecular flexibility index (Phi) is 3.15. The van der Waals surface area contributed by atoms with E-state index in [1.807, 2.05) is 42.5 Å². The lowest BCUT2D eigenvalue weighted by Gasteiger charge is -2.12. The van der Waals surface area contributed by atoms with Crippen molar-refractivity contribution in [2.24, 2.45) is 0 Å². The lowest BCUT2D eigenvalue weighted by atomic mass is 10.1. The Balaban J connectivity index is 2.29. The number of aliphatic carboxylic acids is 1. The van der Waals surface area contributed by atoms with Crippen LogP contribution in [-0.4, -0.2) is 11.2 Å². The molecular formula is C13H11O2S-. The van der Waals surface area contributed by atoms with Crippen molar-refractivity contribution in [3.05, 3.63) is 42.5 Å². The van der Waals surface area contributed by atoms with Gasteiger partial charge in [-0.15, -0.1) is 11.8 Å². The summed E-state index contributed by atoms with van der Waals surface area (Å²) in [6, 6.07) is 13.9. The van der Waals surface area contributed by atoms with E-state index >= 15 is 0 Å². The molecule has 0 aliphatic carbocycles. The first-order valence-corrected chi connectivity index (χ1v) is 5.91. The monoisotopic (exact) mass is 231 g/mol. The molecule has 1 atom stereocenters. The Morgan fingerprint density at radius 1 is 1.19 bits per heavy atom. The van der Waals surface area contributed by atoms with Crippen molar-refractivity contribution in [3.63, 3.8) is 0 Å². The molecule has 0 amide bonds. The molecule has 2 aromatic carbocycles. The van der Waals surface area contributed by atoms with Crippen LogP contribution in [0.1, 0.15) is 6.92 Å². The van der Waals surface area contributed by atoms with Crippen LogP contribution in [0.4, 0.5) is 0 Å². The summed E-state index contributed by atoms with van der Waals surface area (Å²) >= 11 is 1.30. The number of carbonyl (C=O) groups excluding carboxylic acids is 1. The Morgan fingerprint density at radius 3 is 2.56 bits per heavy atom. The predicted molar refractivity (Wildman–Crippen MR) is 64.3 cm³/mol. The second kappa shape index (κ2) is 4.58. The summed E-state index contributed by atoms with van der Waals surface area (Å²) in [4.78, 5) is 11.6. The van der Waals surface area contributed by atoms with E-state index in [1.54, 1.807) is 6.92 Å². The van der Waals surface area contributed by atoms with Gasteiger partial charge in [-0.1, -0.05) is 30.3 Å². The molecule has 0 aromatic heterocycles. The van der Waals surface area contributed by atoms with Crippen LogP contribution in [0.3, 0.4) is 0 Å². The molecule has 0 N–H and O–H groups in total. The SMILES string of the molecule is C[C@@H](Sc1ccc2ccccc2c1)C(=O)[O-]. The zero-order valence-corrected chi connectivity index (χ0v) is 9.66. The van der Waals surface area contributed by atoms with E-state index in [4.69, 9.17) is 0 Å². The topological polar surface area (TPSA) is 40.1 Å². The molecule has 2 aromatic rings. The van der Waals surface area contributed by atoms with E-state index < -0.39 is 11.2 Å². The van der Waals surface area contributed by atoms with Crippen LogP contribution in [0.25, 0.3) is 10.8 Å². The molecule has 0 unspecified atom stereocenters. The second-order valence-electron chi connectivity index (χ2n) is 3.59. The first-order valence-electron chi connectivity index (χ1n) is 5.03. The van der Waals surface area contributed by atoms with E-state index in [-0.39, 0.29) is 0 Å². The van der Waals surface area contributed by atoms with Crippen molar-refractivity contribution < 1.29 is 9.90 Å². The third-order valence-corrected chi connectivity index (χ3v) is 3.44. The van der Waals surface area contributed by atoms with E-state index in [2.05, 4.69) is 0 Å². The maximum Gasteiger partial charge on any atom is 0.0545 e. The van der Waals surface area contributed by atoms with Crippen LogP contribution >= 0.6 is 11.8 Å². The smallest absolute Gasteiger partial charge is 0.0545 e. The van der Waals surface area contributed by atoms with Gasteiger partial charge in [0.1, 0.15) is 0 Å². The molecule has 0 fully saturated rings. The van der Waals surface area contributed by atoms with Gasteiger partial charge >= 0.3 is 0 Å². The number of fused-ring (bicyclic) bond motifs is 1. The van der Waals surface area contributed by atoms with Gasteiger partial charge in [0.2, 0.25) is 0 Å². The average Bonchev–Trinajstić information content (AvgIpc) is 2.28. The highest BCUT2D eigenvalue weighted by Crippen LogP contribution is 2.26. The molecule has 2 rings (SSSR count). The largest absolute Gasteiger partial charge is 0.549 e. The van der Waals surface area contributed by atoms with Crippen LogP contribution in [0.2, 0.25) is 0 Å². The summed E-state index contributed by atoms with van der Waals surface area (Å²) in [6.07, 6.45) is 0. The Hall–Kier alpha value is -1.48. The zero-order chi connectivity index (χ0) is 11.5. The van der Waals surface area contributed by atoms with E-state index in [0.717, 1.165) is 15.7 Å². The van der Waals surface area contributed by atoms with Crippen LogP contribution in [0.15, 0.2) is 47.4 Å². The van der Waals surface area contributed by atoms with Gasteiger partial charge in [-0.25, -0.2) is 0 Å². The molecule has 0 radical (unpaired) electrons. The van der Waals surface area contributed by atoms with E-state index in [9.17, 15) is 9.90 Å². The minimum absolute atomic E-state index is 0.527. The highest BCUT2D eigenvalue weighted by Gasteiger charge is 2.05. The first kappa shape index (κ1) is 11.0. The van der Waals surface area contributed by atoms with Gasteiger partial charge in [-0.05, 0) is 29.8 Å². The third kappa shape index (κ3) is 2.36. The van der Waals surface area contributed by atoms with Gasteiger partial charge in [0.15, 0.2) is 0 Å². The van der Waals surface area contributed by atoms with E-state index in [1.165, 1.54) is 11.8 Å². The van der Waals surface area contributed by atoms with Crippen LogP contribution in [-0.2, 0) is 4.79 Å². The maximum atomic E-state index is 10.6. The Labute approximate surface area is 98.3 Å². The Morgan fingerprint density at radius 2 is 1.88 bits per heavy atom. The number of thioether (sulfide) groups is 1. The molecule has 0 aliphatic heterocycles. The van der Waals surface area contributed by atoms with Gasteiger partial charge in [0, 0.05) is 10.1 Å². The highest BCUT2D eigenvalue weighted by atomic mass is 32.2. The van der Waals surface area contributed by atoms with Crippen LogP contribution in [0.5, 0.6) is 0 Å². The maximum absolute atomic E-state index is 10.6. The number of benzene rings is 2. The molecule has 0 saturated heterocycles. The zero-order valence-electron chi connectivity index (χ0n) is 8.84. The molecule has 0 spiro atoms. The fraction of sp³-hybridized carbons (Fsp3) is 0.154. The summed E-state index contributed by atoms with van der Waals surface area (Å²) in [5.74, 6) is -1.03. The predicted octanol–water partition coefficient (Wildman–Crippen LogP) is 2.07. The minimum Gasteiger partial charge on any atom is -0.549 e. The Bertz CT molecular complexity index is 522. The lowest BCUT2D eigenvalue weighted by molar-refractivity contribution is -0.304. The number of hydrogen-bond acceptors (Lipinski definition) is 3. The van der Waals surface area contributed by atoms with Gasteiger partial charge in [0.25, 0.3) is 0 Å². The van der Waals surface area contributed by atoms with Gasteiger partial charge in [0.05, 0.1) is 5.97 Å². The second-order valence-corrected chi connectivity index (χ2v) is 5.00. The lowest BCUT2D eigenvalue weighted by Crippen LogP contribution is -2.31. The molecule has 0 saturated carbocycles. The standard InChI is InChI=1S/C13H12O2S/c1-9(13(14)15)16-12-7-6-10-4-2-3-5-11(10)8-12/h2-9H,1H3,(H,14,15)/p-1/t9-/m1/s1. The highest BCUT2D eigenvalue weighted by molar-refractivity contribution is 8.00. The van der Waals surface area contributed by atoms with Crippen molar-refractivity contribution in [2.45, 2.75) is 17.1 Å². The molecular weight excluding hydrogens is 220 g/mol. The summed E-state index contributed by atoms with van der Waals surface area (Å²) in [5, 5.41) is 12.4. The number of carbonyl (C=O) groups is 1. The fourth-order valence-electron chi connectivity index (χ4n) is 1.49. The number of rotatable bonds is 3. The summed E-state index contributed by atoms with van der Waals surface area (Å²) in [7, 11) is 0. The van der Waals surface area contributed by atoms with Crippen LogP contribution < -0.4 is 5.11 Å². The fourth-order valence-corrected chi connectivity index (χ4v) is 2.34. The molecule has 0 aliphatic rings. The molecule has 16 heavy (non-hydrogen) atoms. The van der Waals surface area contributed by atoms with Gasteiger partial charge in [-0.3, -0.25) is 0 Å². The molecule has 3 heteroatoms. The molecule has 82 valence electrons. The quantitative estimate of drug-likeness (QED) is 0.759. The van der Waals surface area contributed by atoms with Crippen LogP contribution in [0, 0.1) is 0 Å². The number of carboxylic acids is 1. The number of hydrogen-bond donors (Lipinski definition) is 0. The van der Waals surface area contributed by atoms with Gasteiger partial charge < -0.3 is 9.90 Å². The van der Waals surface area contributed by atoms with Crippen molar-refractivity contribution in [3.8, 4) is 0 Å².